The lowest BCUT2D eigenvalue weighted by Crippen LogP contribution is -2.26. The highest BCUT2D eigenvalue weighted by molar-refractivity contribution is 6.04. The number of ketones is 1. The zero-order valence-electron chi connectivity index (χ0n) is 16.3. The molecule has 0 heterocycles. The van der Waals surface area contributed by atoms with Crippen LogP contribution in [0.3, 0.4) is 0 Å². The smallest absolute Gasteiger partial charge is 0.338 e. The minimum atomic E-state index is -1.45. The average molecular weight is 399 g/mol. The Labute approximate surface area is 167 Å². The average Bonchev–Trinajstić information content (AvgIpc) is 2.77. The van der Waals surface area contributed by atoms with Crippen molar-refractivity contribution in [2.45, 2.75) is 5.92 Å². The Morgan fingerprint density at radius 3 is 2.03 bits per heavy atom. The molecular formula is C21H21NO7. The molecule has 0 spiro atoms. The monoisotopic (exact) mass is 399 g/mol. The van der Waals surface area contributed by atoms with E-state index in [1.807, 2.05) is 6.07 Å². The van der Waals surface area contributed by atoms with Gasteiger partial charge in [0.25, 0.3) is 0 Å². The number of Topliss-reactive ketones (excluding diaryl/α,β-unsaturated/α-hetero) is 1. The Morgan fingerprint density at radius 1 is 0.862 bits per heavy atom. The fourth-order valence-electron chi connectivity index (χ4n) is 2.70. The third-order valence-corrected chi connectivity index (χ3v) is 4.19. The normalized spacial score (nSPS) is 10.2. The lowest BCUT2D eigenvalue weighted by molar-refractivity contribution is -0.154. The van der Waals surface area contributed by atoms with Crippen LogP contribution in [0.4, 0.5) is 5.69 Å². The highest BCUT2D eigenvalue weighted by Crippen LogP contribution is 2.27. The van der Waals surface area contributed by atoms with Crippen LogP contribution in [0.5, 0.6) is 0 Å². The van der Waals surface area contributed by atoms with Crippen LogP contribution in [0.25, 0.3) is 0 Å². The highest BCUT2D eigenvalue weighted by Gasteiger charge is 2.34. The summed E-state index contributed by atoms with van der Waals surface area (Å²) in [4.78, 5) is 48.7. The maximum absolute atomic E-state index is 12.3. The predicted molar refractivity (Wildman–Crippen MR) is 104 cm³/mol. The zero-order valence-corrected chi connectivity index (χ0v) is 16.3. The number of hydrogen-bond donors (Lipinski definition) is 1. The molecule has 2 aromatic carbocycles. The van der Waals surface area contributed by atoms with Crippen molar-refractivity contribution >= 4 is 29.4 Å². The fourth-order valence-corrected chi connectivity index (χ4v) is 2.70. The molecule has 8 heteroatoms. The van der Waals surface area contributed by atoms with Crippen molar-refractivity contribution in [3.8, 4) is 0 Å². The number of anilines is 1. The van der Waals surface area contributed by atoms with Gasteiger partial charge >= 0.3 is 17.9 Å². The molecule has 0 bridgehead atoms. The van der Waals surface area contributed by atoms with E-state index in [2.05, 4.69) is 14.8 Å². The summed E-state index contributed by atoms with van der Waals surface area (Å²) >= 11 is 0. The minimum Gasteiger partial charge on any atom is -0.468 e. The quantitative estimate of drug-likeness (QED) is 0.312. The van der Waals surface area contributed by atoms with Crippen LogP contribution in [-0.4, -0.2) is 51.6 Å². The summed E-state index contributed by atoms with van der Waals surface area (Å²) in [6.45, 7) is -0.0125. The van der Waals surface area contributed by atoms with Crippen molar-refractivity contribution in [2.24, 2.45) is 0 Å². The standard InChI is InChI=1S/C21H21NO7/c1-27-19(24)16-11-14(22-12-17(23)13-7-5-4-6-8-13)9-10-15(16)18(20(25)28-2)21(26)29-3/h4-11,18,22H,12H2,1-3H3. The van der Waals surface area contributed by atoms with Crippen LogP contribution in [0.15, 0.2) is 48.5 Å². The highest BCUT2D eigenvalue weighted by atomic mass is 16.5. The molecule has 0 fully saturated rings. The summed E-state index contributed by atoms with van der Waals surface area (Å²) in [5.41, 5.74) is 1.04. The molecule has 0 radical (unpaired) electrons. The number of carbonyl (C=O) groups excluding carboxylic acids is 4. The predicted octanol–water partition coefficient (Wildman–Crippen LogP) is 2.20. The van der Waals surface area contributed by atoms with E-state index in [9.17, 15) is 19.2 Å². The number of carbonyl (C=O) groups is 4. The number of benzene rings is 2. The molecule has 2 aromatic rings. The van der Waals surface area contributed by atoms with Gasteiger partial charge in [-0.1, -0.05) is 36.4 Å². The summed E-state index contributed by atoms with van der Waals surface area (Å²) in [6, 6.07) is 13.1. The number of ether oxygens (including phenoxy) is 3. The number of nitrogens with one attached hydrogen (secondary N) is 1. The molecule has 0 unspecified atom stereocenters. The maximum atomic E-state index is 12.3. The van der Waals surface area contributed by atoms with Crippen LogP contribution in [0.2, 0.25) is 0 Å². The van der Waals surface area contributed by atoms with Crippen molar-refractivity contribution in [3.63, 3.8) is 0 Å². The van der Waals surface area contributed by atoms with Gasteiger partial charge < -0.3 is 19.5 Å². The molecule has 0 atom stereocenters. The Morgan fingerprint density at radius 2 is 1.48 bits per heavy atom. The van der Waals surface area contributed by atoms with Gasteiger partial charge in [0.2, 0.25) is 0 Å². The van der Waals surface area contributed by atoms with E-state index in [1.165, 1.54) is 19.2 Å². The van der Waals surface area contributed by atoms with Gasteiger partial charge in [0.05, 0.1) is 33.4 Å². The van der Waals surface area contributed by atoms with Gasteiger partial charge in [-0.25, -0.2) is 4.79 Å². The molecule has 29 heavy (non-hydrogen) atoms. The van der Waals surface area contributed by atoms with Crippen molar-refractivity contribution in [2.75, 3.05) is 33.2 Å². The fraction of sp³-hybridized carbons (Fsp3) is 0.238. The Hall–Kier alpha value is -3.68. The van der Waals surface area contributed by atoms with Gasteiger partial charge in [-0.15, -0.1) is 0 Å². The largest absolute Gasteiger partial charge is 0.468 e. The van der Waals surface area contributed by atoms with Crippen molar-refractivity contribution < 1.29 is 33.4 Å². The van der Waals surface area contributed by atoms with Gasteiger partial charge in [-0.05, 0) is 17.7 Å². The summed E-state index contributed by atoms with van der Waals surface area (Å²) in [5.74, 6) is -4.09. The van der Waals surface area contributed by atoms with Crippen LogP contribution >= 0.6 is 0 Å². The molecule has 0 amide bonds. The molecule has 0 saturated carbocycles. The third kappa shape index (κ3) is 5.19. The van der Waals surface area contributed by atoms with Crippen molar-refractivity contribution in [1.29, 1.82) is 0 Å². The van der Waals surface area contributed by atoms with Crippen LogP contribution in [0, 0.1) is 0 Å². The summed E-state index contributed by atoms with van der Waals surface area (Å²) in [6.07, 6.45) is 0. The first kappa shape index (κ1) is 21.6. The van der Waals surface area contributed by atoms with E-state index in [1.54, 1.807) is 30.3 Å². The van der Waals surface area contributed by atoms with E-state index < -0.39 is 23.8 Å². The molecule has 0 aliphatic carbocycles. The van der Waals surface area contributed by atoms with Crippen LogP contribution in [-0.2, 0) is 23.8 Å². The number of esters is 3. The Bertz CT molecular complexity index is 893. The topological polar surface area (TPSA) is 108 Å². The number of methoxy groups -OCH3 is 3. The molecular weight excluding hydrogens is 378 g/mol. The van der Waals surface area contributed by atoms with Crippen LogP contribution < -0.4 is 5.32 Å². The second-order valence-corrected chi connectivity index (χ2v) is 5.92. The van der Waals surface area contributed by atoms with Crippen molar-refractivity contribution in [3.05, 3.63) is 65.2 Å². The SMILES string of the molecule is COC(=O)c1cc(NCC(=O)c2ccccc2)ccc1C(C(=O)OC)C(=O)OC. The van der Waals surface area contributed by atoms with E-state index in [-0.39, 0.29) is 23.5 Å². The molecule has 1 N–H and O–H groups in total. The minimum absolute atomic E-state index is 0.0125. The number of hydrogen-bond acceptors (Lipinski definition) is 8. The van der Waals surface area contributed by atoms with Gasteiger partial charge in [0, 0.05) is 11.3 Å². The lowest BCUT2D eigenvalue weighted by atomic mass is 9.93. The first-order valence-electron chi connectivity index (χ1n) is 8.63. The van der Waals surface area contributed by atoms with E-state index in [4.69, 9.17) is 4.74 Å². The van der Waals surface area contributed by atoms with Gasteiger partial charge in [-0.2, -0.15) is 0 Å². The lowest BCUT2D eigenvalue weighted by Gasteiger charge is -2.17. The maximum Gasteiger partial charge on any atom is 0.338 e. The molecule has 0 aliphatic rings. The second kappa shape index (κ2) is 10.0. The molecule has 2 rings (SSSR count). The Kier molecular flexibility index (Phi) is 7.47. The van der Waals surface area contributed by atoms with E-state index >= 15 is 0 Å². The first-order valence-corrected chi connectivity index (χ1v) is 8.63. The van der Waals surface area contributed by atoms with Gasteiger partial charge in [0.1, 0.15) is 0 Å². The molecule has 152 valence electrons. The second-order valence-electron chi connectivity index (χ2n) is 5.92. The summed E-state index contributed by atoms with van der Waals surface area (Å²) in [5, 5.41) is 2.93. The summed E-state index contributed by atoms with van der Waals surface area (Å²) < 4.78 is 14.1. The Balaban J connectivity index is 2.33. The third-order valence-electron chi connectivity index (χ3n) is 4.19. The first-order chi connectivity index (χ1) is 13.9. The summed E-state index contributed by atoms with van der Waals surface area (Å²) in [7, 11) is 3.43. The molecule has 0 saturated heterocycles. The van der Waals surface area contributed by atoms with Crippen LogP contribution in [0.1, 0.15) is 32.2 Å². The van der Waals surface area contributed by atoms with E-state index in [0.29, 0.717) is 11.3 Å². The zero-order chi connectivity index (χ0) is 21.4. The molecule has 0 aromatic heterocycles. The molecule has 8 nitrogen and oxygen atoms in total. The van der Waals surface area contributed by atoms with Gasteiger partial charge in [0.15, 0.2) is 11.7 Å². The number of rotatable bonds is 8. The van der Waals surface area contributed by atoms with Crippen molar-refractivity contribution in [1.82, 2.24) is 0 Å². The van der Waals surface area contributed by atoms with E-state index in [0.717, 1.165) is 14.2 Å². The molecule has 0 aliphatic heterocycles. The van der Waals surface area contributed by atoms with Gasteiger partial charge in [-0.3, -0.25) is 14.4 Å².